The summed E-state index contributed by atoms with van der Waals surface area (Å²) in [6.07, 6.45) is 3.69. The van der Waals surface area contributed by atoms with Crippen LogP contribution < -0.4 is 4.90 Å². The molecule has 1 amide bonds. The van der Waals surface area contributed by atoms with Crippen LogP contribution in [0.2, 0.25) is 0 Å². The van der Waals surface area contributed by atoms with Crippen LogP contribution in [-0.4, -0.2) is 91.4 Å². The third-order valence-electron chi connectivity index (χ3n) is 4.93. The lowest BCUT2D eigenvalue weighted by molar-refractivity contribution is 0.0658. The van der Waals surface area contributed by atoms with E-state index in [1.165, 1.54) is 6.20 Å². The molecular weight excluding hydrogens is 342 g/mol. The molecule has 1 atom stereocenters. The fourth-order valence-electron chi connectivity index (χ4n) is 3.38. The number of hydrogen-bond donors (Lipinski definition) is 0. The summed E-state index contributed by atoms with van der Waals surface area (Å²) in [5.74, 6) is 0.907. The van der Waals surface area contributed by atoms with E-state index in [9.17, 15) is 13.2 Å². The zero-order valence-corrected chi connectivity index (χ0v) is 15.6. The first-order chi connectivity index (χ1) is 11.9. The van der Waals surface area contributed by atoms with E-state index >= 15 is 0 Å². The van der Waals surface area contributed by atoms with Crippen LogP contribution in [0.25, 0.3) is 0 Å². The van der Waals surface area contributed by atoms with Gasteiger partial charge in [-0.25, -0.2) is 18.4 Å². The predicted molar refractivity (Wildman–Crippen MR) is 95.5 cm³/mol. The fourth-order valence-corrected chi connectivity index (χ4v) is 5.11. The van der Waals surface area contributed by atoms with Crippen molar-refractivity contribution in [3.05, 3.63) is 18.1 Å². The van der Waals surface area contributed by atoms with E-state index in [0.717, 1.165) is 13.1 Å². The summed E-state index contributed by atoms with van der Waals surface area (Å²) in [6, 6.07) is -0.0662. The molecule has 0 bridgehead atoms. The van der Waals surface area contributed by atoms with E-state index in [-0.39, 0.29) is 23.5 Å². The summed E-state index contributed by atoms with van der Waals surface area (Å²) in [7, 11) is -0.913. The van der Waals surface area contributed by atoms with Gasteiger partial charge in [-0.1, -0.05) is 0 Å². The van der Waals surface area contributed by atoms with Crippen LogP contribution in [0.1, 0.15) is 23.8 Å². The van der Waals surface area contributed by atoms with Crippen molar-refractivity contribution in [3.8, 4) is 0 Å². The minimum absolute atomic E-state index is 0.0662. The summed E-state index contributed by atoms with van der Waals surface area (Å²) < 4.78 is 23.4. The minimum Gasteiger partial charge on any atom is -0.352 e. The lowest BCUT2D eigenvalue weighted by atomic mass is 10.2. The van der Waals surface area contributed by atoms with Crippen molar-refractivity contribution in [2.24, 2.45) is 0 Å². The topological polar surface area (TPSA) is 86.7 Å². The van der Waals surface area contributed by atoms with Gasteiger partial charge in [-0.05, 0) is 20.4 Å². The highest BCUT2D eigenvalue weighted by atomic mass is 32.2. The van der Waals surface area contributed by atoms with Crippen LogP contribution in [0.3, 0.4) is 0 Å². The van der Waals surface area contributed by atoms with Gasteiger partial charge >= 0.3 is 0 Å². The first kappa shape index (κ1) is 18.1. The van der Waals surface area contributed by atoms with E-state index in [1.807, 2.05) is 18.9 Å². The second-order valence-electron chi connectivity index (χ2n) is 6.70. The molecule has 2 aliphatic heterocycles. The van der Waals surface area contributed by atoms with Gasteiger partial charge in [0.05, 0.1) is 23.9 Å². The Morgan fingerprint density at radius 1 is 1.24 bits per heavy atom. The SMILES string of the molecule is CCN(c1cnc(C(=O)N2CCN(C)CC2)cn1)C1CCS(=O)(=O)C1. The number of anilines is 1. The Morgan fingerprint density at radius 3 is 2.48 bits per heavy atom. The van der Waals surface area contributed by atoms with Gasteiger partial charge in [0.2, 0.25) is 0 Å². The predicted octanol–water partition coefficient (Wildman–Crippen LogP) is -0.122. The number of carbonyl (C=O) groups excluding carboxylic acids is 1. The molecule has 9 heteroatoms. The number of nitrogens with zero attached hydrogens (tertiary/aromatic N) is 5. The average molecular weight is 367 g/mol. The molecule has 0 aromatic carbocycles. The number of rotatable bonds is 4. The monoisotopic (exact) mass is 367 g/mol. The second-order valence-corrected chi connectivity index (χ2v) is 8.93. The van der Waals surface area contributed by atoms with Crippen molar-refractivity contribution in [3.63, 3.8) is 0 Å². The zero-order chi connectivity index (χ0) is 18.0. The molecule has 2 aliphatic rings. The van der Waals surface area contributed by atoms with Crippen LogP contribution in [-0.2, 0) is 9.84 Å². The molecule has 0 saturated carbocycles. The van der Waals surface area contributed by atoms with Crippen molar-refractivity contribution in [1.82, 2.24) is 19.8 Å². The van der Waals surface area contributed by atoms with Gasteiger partial charge in [-0.3, -0.25) is 4.79 Å². The van der Waals surface area contributed by atoms with Gasteiger partial charge in [-0.2, -0.15) is 0 Å². The summed E-state index contributed by atoms with van der Waals surface area (Å²) in [5, 5.41) is 0. The number of piperazine rings is 1. The first-order valence-electron chi connectivity index (χ1n) is 8.66. The highest BCUT2D eigenvalue weighted by molar-refractivity contribution is 7.91. The standard InChI is InChI=1S/C16H25N5O3S/c1-3-21(13-4-9-25(23,24)12-13)15-11-17-14(10-18-15)16(22)20-7-5-19(2)6-8-20/h10-11,13H,3-9,12H2,1-2H3. The largest absolute Gasteiger partial charge is 0.352 e. The van der Waals surface area contributed by atoms with Gasteiger partial charge in [0, 0.05) is 38.8 Å². The Morgan fingerprint density at radius 2 is 1.96 bits per heavy atom. The molecule has 1 unspecified atom stereocenters. The van der Waals surface area contributed by atoms with Crippen LogP contribution in [0.15, 0.2) is 12.4 Å². The van der Waals surface area contributed by atoms with Crippen LogP contribution >= 0.6 is 0 Å². The second kappa shape index (κ2) is 7.25. The summed E-state index contributed by atoms with van der Waals surface area (Å²) >= 11 is 0. The molecule has 8 nitrogen and oxygen atoms in total. The molecule has 0 N–H and O–H groups in total. The van der Waals surface area contributed by atoms with Gasteiger partial charge < -0.3 is 14.7 Å². The van der Waals surface area contributed by atoms with Crippen LogP contribution in [0.5, 0.6) is 0 Å². The molecule has 0 aliphatic carbocycles. The molecule has 0 spiro atoms. The maximum atomic E-state index is 12.5. The minimum atomic E-state index is -2.95. The van der Waals surface area contributed by atoms with E-state index in [1.54, 1.807) is 11.1 Å². The third kappa shape index (κ3) is 4.09. The average Bonchev–Trinajstić information content (AvgIpc) is 2.96. The van der Waals surface area contributed by atoms with Gasteiger partial charge in [0.15, 0.2) is 9.84 Å². The quantitative estimate of drug-likeness (QED) is 0.733. The Labute approximate surface area is 148 Å². The van der Waals surface area contributed by atoms with Crippen LogP contribution in [0, 0.1) is 0 Å². The molecule has 138 valence electrons. The molecule has 1 aromatic heterocycles. The van der Waals surface area contributed by atoms with Crippen molar-refractivity contribution in [2.45, 2.75) is 19.4 Å². The molecule has 2 fully saturated rings. The summed E-state index contributed by atoms with van der Waals surface area (Å²) in [5.41, 5.74) is 0.336. The number of likely N-dealkylation sites (N-methyl/N-ethyl adjacent to an activating group) is 1. The summed E-state index contributed by atoms with van der Waals surface area (Å²) in [4.78, 5) is 27.1. The lowest BCUT2D eigenvalue weighted by Gasteiger charge is -2.32. The molecule has 0 radical (unpaired) electrons. The molecule has 25 heavy (non-hydrogen) atoms. The Kier molecular flexibility index (Phi) is 5.24. The highest BCUT2D eigenvalue weighted by Gasteiger charge is 2.32. The molecule has 3 heterocycles. The van der Waals surface area contributed by atoms with Crippen molar-refractivity contribution in [1.29, 1.82) is 0 Å². The van der Waals surface area contributed by atoms with Gasteiger partial charge in [-0.15, -0.1) is 0 Å². The van der Waals surface area contributed by atoms with Gasteiger partial charge in [0.1, 0.15) is 11.5 Å². The lowest BCUT2D eigenvalue weighted by Crippen LogP contribution is -2.47. The van der Waals surface area contributed by atoms with Crippen molar-refractivity contribution < 1.29 is 13.2 Å². The molecule has 3 rings (SSSR count). The van der Waals surface area contributed by atoms with Crippen molar-refractivity contribution in [2.75, 3.05) is 56.2 Å². The zero-order valence-electron chi connectivity index (χ0n) is 14.8. The van der Waals surface area contributed by atoms with Crippen molar-refractivity contribution >= 4 is 21.6 Å². The normalized spacial score (nSPS) is 23.6. The number of carbonyl (C=O) groups is 1. The maximum Gasteiger partial charge on any atom is 0.274 e. The number of aromatic nitrogens is 2. The van der Waals surface area contributed by atoms with E-state index in [4.69, 9.17) is 0 Å². The number of amides is 1. The van der Waals surface area contributed by atoms with E-state index in [0.29, 0.717) is 37.6 Å². The molecular formula is C16H25N5O3S. The van der Waals surface area contributed by atoms with Gasteiger partial charge in [0.25, 0.3) is 5.91 Å². The maximum absolute atomic E-state index is 12.5. The third-order valence-corrected chi connectivity index (χ3v) is 6.68. The Hall–Kier alpha value is -1.74. The molecule has 2 saturated heterocycles. The first-order valence-corrected chi connectivity index (χ1v) is 10.5. The Bertz CT molecular complexity index is 714. The summed E-state index contributed by atoms with van der Waals surface area (Å²) in [6.45, 7) is 5.73. The number of sulfone groups is 1. The molecule has 1 aromatic rings. The van der Waals surface area contributed by atoms with E-state index < -0.39 is 9.84 Å². The number of hydrogen-bond acceptors (Lipinski definition) is 7. The van der Waals surface area contributed by atoms with Crippen LogP contribution in [0.4, 0.5) is 5.82 Å². The Balaban J connectivity index is 1.69. The smallest absolute Gasteiger partial charge is 0.274 e. The van der Waals surface area contributed by atoms with E-state index in [2.05, 4.69) is 14.9 Å². The fraction of sp³-hybridized carbons (Fsp3) is 0.688. The highest BCUT2D eigenvalue weighted by Crippen LogP contribution is 2.22.